The first kappa shape index (κ1) is 19.9. The number of nitrogens with one attached hydrogen (secondary N) is 1. The number of ether oxygens (including phenoxy) is 2. The van der Waals surface area contributed by atoms with Gasteiger partial charge in [-0.25, -0.2) is 4.39 Å². The van der Waals surface area contributed by atoms with Gasteiger partial charge in [0.2, 0.25) is 0 Å². The predicted octanol–water partition coefficient (Wildman–Crippen LogP) is 1.57. The van der Waals surface area contributed by atoms with Gasteiger partial charge in [-0.2, -0.15) is 0 Å². The zero-order chi connectivity index (χ0) is 21.2. The van der Waals surface area contributed by atoms with Crippen LogP contribution in [-0.4, -0.2) is 58.3 Å². The van der Waals surface area contributed by atoms with E-state index >= 15 is 0 Å². The molecular weight excluding hydrogens is 401 g/mol. The lowest BCUT2D eigenvalue weighted by atomic mass is 10.2. The Morgan fingerprint density at radius 3 is 2.87 bits per heavy atom. The number of likely N-dealkylation sites (tertiary alicyclic amines) is 1. The van der Waals surface area contributed by atoms with Crippen LogP contribution >= 0.6 is 0 Å². The topological polar surface area (TPSA) is 81.5 Å². The quantitative estimate of drug-likeness (QED) is 0.642. The summed E-state index contributed by atoms with van der Waals surface area (Å²) < 4.78 is 26.4. The molecule has 9 heteroatoms. The van der Waals surface area contributed by atoms with Crippen molar-refractivity contribution in [1.82, 2.24) is 24.8 Å². The Bertz CT molecular complexity index is 1150. The Kier molecular flexibility index (Phi) is 5.52. The number of pyridine rings is 3. The lowest BCUT2D eigenvalue weighted by molar-refractivity contribution is 0.170. The summed E-state index contributed by atoms with van der Waals surface area (Å²) in [5.41, 5.74) is 1.93. The summed E-state index contributed by atoms with van der Waals surface area (Å²) in [4.78, 5) is 23.2. The van der Waals surface area contributed by atoms with E-state index in [4.69, 9.17) is 9.47 Å². The highest BCUT2D eigenvalue weighted by Crippen LogP contribution is 2.29. The minimum atomic E-state index is -0.440. The standard InChI is InChI=1S/C22H24FN5O3/c23-15-9-19-18(26-11-15)1-2-22(29)28(19)6-5-27-4-3-16(14-27)24-12-17-10-20-21(13-25-17)31-8-7-30-20/h1-2,9-11,13,16,24H,3-8,12,14H2/t16-/m1/s1. The fourth-order valence-corrected chi connectivity index (χ4v) is 4.15. The molecule has 0 bridgehead atoms. The fourth-order valence-electron chi connectivity index (χ4n) is 4.15. The predicted molar refractivity (Wildman–Crippen MR) is 113 cm³/mol. The summed E-state index contributed by atoms with van der Waals surface area (Å²) in [6.07, 6.45) is 3.90. The van der Waals surface area contributed by atoms with Crippen LogP contribution in [0.25, 0.3) is 11.0 Å². The highest BCUT2D eigenvalue weighted by molar-refractivity contribution is 5.74. The van der Waals surface area contributed by atoms with Crippen LogP contribution in [0.5, 0.6) is 11.5 Å². The molecule has 0 aliphatic carbocycles. The smallest absolute Gasteiger partial charge is 0.251 e. The minimum Gasteiger partial charge on any atom is -0.486 e. The van der Waals surface area contributed by atoms with Crippen LogP contribution in [0.4, 0.5) is 4.39 Å². The first-order chi connectivity index (χ1) is 15.2. The van der Waals surface area contributed by atoms with Gasteiger partial charge in [0.05, 0.1) is 29.1 Å². The maximum Gasteiger partial charge on any atom is 0.251 e. The van der Waals surface area contributed by atoms with Crippen molar-refractivity contribution in [3.8, 4) is 11.5 Å². The molecule has 2 aliphatic rings. The van der Waals surface area contributed by atoms with Gasteiger partial charge in [-0.1, -0.05) is 0 Å². The van der Waals surface area contributed by atoms with Crippen molar-refractivity contribution in [3.63, 3.8) is 0 Å². The molecule has 0 unspecified atom stereocenters. The Labute approximate surface area is 178 Å². The molecule has 162 valence electrons. The number of fused-ring (bicyclic) bond motifs is 2. The van der Waals surface area contributed by atoms with Crippen molar-refractivity contribution >= 4 is 11.0 Å². The van der Waals surface area contributed by atoms with Crippen LogP contribution in [0, 0.1) is 5.82 Å². The number of hydrogen-bond donors (Lipinski definition) is 1. The average Bonchev–Trinajstić information content (AvgIpc) is 3.24. The molecule has 1 N–H and O–H groups in total. The molecule has 5 rings (SSSR count). The highest BCUT2D eigenvalue weighted by Gasteiger charge is 2.22. The third-order valence-electron chi connectivity index (χ3n) is 5.78. The van der Waals surface area contributed by atoms with Crippen molar-refractivity contribution in [2.24, 2.45) is 0 Å². The van der Waals surface area contributed by atoms with Crippen molar-refractivity contribution in [2.45, 2.75) is 25.6 Å². The second-order valence-corrected chi connectivity index (χ2v) is 7.87. The zero-order valence-corrected chi connectivity index (χ0v) is 17.1. The second kappa shape index (κ2) is 8.60. The van der Waals surface area contributed by atoms with Crippen molar-refractivity contribution in [2.75, 3.05) is 32.8 Å². The van der Waals surface area contributed by atoms with Gasteiger partial charge in [0.15, 0.2) is 11.5 Å². The van der Waals surface area contributed by atoms with E-state index in [-0.39, 0.29) is 5.56 Å². The molecule has 31 heavy (non-hydrogen) atoms. The van der Waals surface area contributed by atoms with E-state index in [1.54, 1.807) is 16.8 Å². The summed E-state index contributed by atoms with van der Waals surface area (Å²) in [5.74, 6) is 1.00. The van der Waals surface area contributed by atoms with Crippen molar-refractivity contribution in [3.05, 3.63) is 58.5 Å². The summed E-state index contributed by atoms with van der Waals surface area (Å²) in [7, 11) is 0. The molecule has 0 spiro atoms. The normalized spacial score (nSPS) is 18.5. The largest absolute Gasteiger partial charge is 0.486 e. The molecule has 8 nitrogen and oxygen atoms in total. The number of nitrogens with zero attached hydrogens (tertiary/aromatic N) is 4. The van der Waals surface area contributed by atoms with Crippen LogP contribution in [0.15, 0.2) is 41.5 Å². The molecule has 1 fully saturated rings. The zero-order valence-electron chi connectivity index (χ0n) is 17.1. The number of halogens is 1. The van der Waals surface area contributed by atoms with Crippen LogP contribution in [0.2, 0.25) is 0 Å². The summed E-state index contributed by atoms with van der Waals surface area (Å²) in [6.45, 7) is 4.82. The van der Waals surface area contributed by atoms with Crippen LogP contribution in [-0.2, 0) is 13.1 Å². The van der Waals surface area contributed by atoms with Gasteiger partial charge in [-0.15, -0.1) is 0 Å². The van der Waals surface area contributed by atoms with Gasteiger partial charge < -0.3 is 19.4 Å². The SMILES string of the molecule is O=c1ccc2ncc(F)cc2n1CCN1CC[C@@H](NCc2cc3c(cn2)OCCO3)C1. The van der Waals surface area contributed by atoms with Gasteiger partial charge in [-0.3, -0.25) is 19.7 Å². The van der Waals surface area contributed by atoms with E-state index in [1.165, 1.54) is 18.3 Å². The first-order valence-corrected chi connectivity index (χ1v) is 10.5. The summed E-state index contributed by atoms with van der Waals surface area (Å²) in [5, 5.41) is 3.55. The Balaban J connectivity index is 1.17. The van der Waals surface area contributed by atoms with Crippen molar-refractivity contribution < 1.29 is 13.9 Å². The van der Waals surface area contributed by atoms with E-state index in [1.807, 2.05) is 6.07 Å². The van der Waals surface area contributed by atoms with Gasteiger partial charge in [0.1, 0.15) is 19.0 Å². The Morgan fingerprint density at radius 1 is 1.10 bits per heavy atom. The maximum atomic E-state index is 13.6. The molecule has 2 aliphatic heterocycles. The number of rotatable bonds is 6. The lowest BCUT2D eigenvalue weighted by Crippen LogP contribution is -2.34. The van der Waals surface area contributed by atoms with E-state index < -0.39 is 5.82 Å². The van der Waals surface area contributed by atoms with Gasteiger partial charge in [-0.05, 0) is 19.0 Å². The van der Waals surface area contributed by atoms with Crippen LogP contribution < -0.4 is 20.3 Å². The molecule has 5 heterocycles. The second-order valence-electron chi connectivity index (χ2n) is 7.87. The Morgan fingerprint density at radius 2 is 1.97 bits per heavy atom. The van der Waals surface area contributed by atoms with Crippen LogP contribution in [0.3, 0.4) is 0 Å². The molecule has 0 radical (unpaired) electrons. The molecule has 3 aromatic heterocycles. The van der Waals surface area contributed by atoms with E-state index in [0.29, 0.717) is 49.1 Å². The molecule has 0 aromatic carbocycles. The van der Waals surface area contributed by atoms with E-state index in [9.17, 15) is 9.18 Å². The Hall–Kier alpha value is -3.04. The third-order valence-corrected chi connectivity index (χ3v) is 5.78. The fraction of sp³-hybridized carbons (Fsp3) is 0.409. The first-order valence-electron chi connectivity index (χ1n) is 10.5. The molecule has 1 saturated heterocycles. The third kappa shape index (κ3) is 4.38. The molecule has 0 saturated carbocycles. The average molecular weight is 425 g/mol. The number of aromatic nitrogens is 3. The number of hydrogen-bond acceptors (Lipinski definition) is 7. The molecule has 1 atom stereocenters. The minimum absolute atomic E-state index is 0.140. The van der Waals surface area contributed by atoms with Gasteiger partial charge in [0.25, 0.3) is 5.56 Å². The van der Waals surface area contributed by atoms with E-state index in [0.717, 1.165) is 37.5 Å². The summed E-state index contributed by atoms with van der Waals surface area (Å²) in [6, 6.07) is 6.77. The van der Waals surface area contributed by atoms with Crippen molar-refractivity contribution in [1.29, 1.82) is 0 Å². The molecule has 0 amide bonds. The lowest BCUT2D eigenvalue weighted by Gasteiger charge is -2.19. The monoisotopic (exact) mass is 425 g/mol. The molecule has 3 aromatic rings. The highest BCUT2D eigenvalue weighted by atomic mass is 19.1. The molecular formula is C22H24FN5O3. The van der Waals surface area contributed by atoms with E-state index in [2.05, 4.69) is 20.2 Å². The van der Waals surface area contributed by atoms with Crippen LogP contribution in [0.1, 0.15) is 12.1 Å². The maximum absolute atomic E-state index is 13.6. The van der Waals surface area contributed by atoms with Gasteiger partial charge in [0, 0.05) is 50.4 Å². The summed E-state index contributed by atoms with van der Waals surface area (Å²) >= 11 is 0. The van der Waals surface area contributed by atoms with Gasteiger partial charge >= 0.3 is 0 Å².